The van der Waals surface area contributed by atoms with Gasteiger partial charge in [0.2, 0.25) is 47.3 Å². The highest BCUT2D eigenvalue weighted by atomic mass is 16.4. The van der Waals surface area contributed by atoms with E-state index in [4.69, 9.17) is 10.8 Å². The molecule has 0 aromatic heterocycles. The molecule has 0 unspecified atom stereocenters. The number of aliphatic hydroxyl groups excluding tert-OH is 2. The molecule has 362 valence electrons. The Balaban J connectivity index is 3.07. The largest absolute Gasteiger partial charge is 0.481 e. The van der Waals surface area contributed by atoms with E-state index in [1.807, 2.05) is 0 Å². The van der Waals surface area contributed by atoms with Crippen molar-refractivity contribution < 1.29 is 78.3 Å². The van der Waals surface area contributed by atoms with Crippen molar-refractivity contribution in [2.24, 2.45) is 23.5 Å². The molecule has 1 fully saturated rings. The van der Waals surface area contributed by atoms with E-state index in [0.29, 0.717) is 6.42 Å². The Labute approximate surface area is 369 Å². The Morgan fingerprint density at radius 3 is 1.52 bits per heavy atom. The fourth-order valence-electron chi connectivity index (χ4n) is 6.44. The van der Waals surface area contributed by atoms with Crippen LogP contribution in [0, 0.1) is 17.8 Å². The number of nitrogens with zero attached hydrogens (tertiary/aromatic N) is 1. The standard InChI is InChI=1S/C39H65N9O16/c1-18(2)12-22(33(57)41-15-28(51)48-11-7-8-27(48)38(62)47-31(20(5)6)39(63)64)43-36(60)25(16-49)46-35(59)24(14-30(54)55)44-37(61)26(17-50)45-34(58)23(13-19(3)4)42-32(56)21(40)9-10-29(52)53/h18-27,31,49-50H,7-17,40H2,1-6H3,(H,41,57)(H,42,56)(H,43,60)(H,44,61)(H,45,58)(H,46,59)(H,47,62)(H,52,53)(H,54,55)(H,63,64)/t21-,22-,23-,24-,25-,26-,27-,31-/m0/s1. The zero-order valence-corrected chi connectivity index (χ0v) is 36.9. The molecule has 25 heteroatoms. The van der Waals surface area contributed by atoms with Crippen molar-refractivity contribution in [3.05, 3.63) is 0 Å². The van der Waals surface area contributed by atoms with Crippen LogP contribution in [0.3, 0.4) is 0 Å². The van der Waals surface area contributed by atoms with Crippen LogP contribution >= 0.6 is 0 Å². The summed E-state index contributed by atoms with van der Waals surface area (Å²) < 4.78 is 0. The summed E-state index contributed by atoms with van der Waals surface area (Å²) in [4.78, 5) is 141. The van der Waals surface area contributed by atoms with Gasteiger partial charge >= 0.3 is 17.9 Å². The summed E-state index contributed by atoms with van der Waals surface area (Å²) in [6, 6.07) is -11.8. The molecule has 0 aromatic carbocycles. The van der Waals surface area contributed by atoms with Gasteiger partial charge in [0.15, 0.2) is 0 Å². The number of hydrogen-bond acceptors (Lipinski definition) is 14. The average Bonchev–Trinajstić information content (AvgIpc) is 3.70. The van der Waals surface area contributed by atoms with Gasteiger partial charge in [-0.25, -0.2) is 4.79 Å². The zero-order valence-electron chi connectivity index (χ0n) is 36.9. The first-order valence-electron chi connectivity index (χ1n) is 20.9. The van der Waals surface area contributed by atoms with Crippen molar-refractivity contribution in [3.63, 3.8) is 0 Å². The molecule has 0 spiro atoms. The lowest BCUT2D eigenvalue weighted by atomic mass is 10.0. The minimum absolute atomic E-state index is 0.00510. The van der Waals surface area contributed by atoms with E-state index >= 15 is 0 Å². The number of likely N-dealkylation sites (tertiary alicyclic amines) is 1. The molecular weight excluding hydrogens is 850 g/mol. The number of hydrogen-bond donors (Lipinski definition) is 13. The van der Waals surface area contributed by atoms with Crippen LogP contribution < -0.4 is 43.0 Å². The van der Waals surface area contributed by atoms with Crippen LogP contribution in [0.1, 0.15) is 86.5 Å². The number of aliphatic carboxylic acids is 3. The molecule has 1 aliphatic rings. The quantitative estimate of drug-likeness (QED) is 0.0352. The lowest BCUT2D eigenvalue weighted by molar-refractivity contribution is -0.145. The van der Waals surface area contributed by atoms with Gasteiger partial charge in [-0.2, -0.15) is 0 Å². The number of nitrogens with two attached hydrogens (primary N) is 1. The first-order valence-corrected chi connectivity index (χ1v) is 20.9. The van der Waals surface area contributed by atoms with Gasteiger partial charge < -0.3 is 73.4 Å². The second-order valence-electron chi connectivity index (χ2n) is 16.6. The molecule has 0 aromatic rings. The number of nitrogens with one attached hydrogen (secondary N) is 7. The van der Waals surface area contributed by atoms with Gasteiger partial charge in [0.25, 0.3) is 0 Å². The van der Waals surface area contributed by atoms with E-state index in [1.54, 1.807) is 41.5 Å². The summed E-state index contributed by atoms with van der Waals surface area (Å²) in [5.41, 5.74) is 5.75. The molecule has 1 rings (SSSR count). The van der Waals surface area contributed by atoms with E-state index in [9.17, 15) is 73.2 Å². The van der Waals surface area contributed by atoms with Gasteiger partial charge in [-0.3, -0.25) is 47.9 Å². The Bertz CT molecular complexity index is 1690. The number of carbonyl (C=O) groups is 11. The number of amides is 8. The highest BCUT2D eigenvalue weighted by Crippen LogP contribution is 2.18. The minimum atomic E-state index is -1.96. The second kappa shape index (κ2) is 27.3. The molecular formula is C39H65N9O16. The van der Waals surface area contributed by atoms with Crippen LogP contribution in [0.5, 0.6) is 0 Å². The summed E-state index contributed by atoms with van der Waals surface area (Å²) in [7, 11) is 0. The van der Waals surface area contributed by atoms with Crippen LogP contribution in [-0.2, 0) is 52.7 Å². The molecule has 1 aliphatic heterocycles. The molecule has 25 nitrogen and oxygen atoms in total. The smallest absolute Gasteiger partial charge is 0.326 e. The predicted octanol–water partition coefficient (Wildman–Crippen LogP) is -4.51. The Morgan fingerprint density at radius 1 is 0.609 bits per heavy atom. The molecule has 8 amide bonds. The maximum atomic E-state index is 13.3. The Kier molecular flexibility index (Phi) is 23.9. The molecule has 1 heterocycles. The van der Waals surface area contributed by atoms with Crippen LogP contribution in [0.15, 0.2) is 0 Å². The maximum absolute atomic E-state index is 13.3. The highest BCUT2D eigenvalue weighted by molar-refractivity contribution is 5.98. The maximum Gasteiger partial charge on any atom is 0.326 e. The van der Waals surface area contributed by atoms with Crippen LogP contribution in [0.25, 0.3) is 0 Å². The van der Waals surface area contributed by atoms with E-state index in [2.05, 4.69) is 37.2 Å². The van der Waals surface area contributed by atoms with Crippen molar-refractivity contribution in [3.8, 4) is 0 Å². The lowest BCUT2D eigenvalue weighted by Gasteiger charge is -2.27. The van der Waals surface area contributed by atoms with Gasteiger partial charge in [0, 0.05) is 13.0 Å². The highest BCUT2D eigenvalue weighted by Gasteiger charge is 2.38. The molecule has 64 heavy (non-hydrogen) atoms. The summed E-state index contributed by atoms with van der Waals surface area (Å²) in [5, 5.41) is 63.8. The van der Waals surface area contributed by atoms with Crippen LogP contribution in [0.2, 0.25) is 0 Å². The SMILES string of the molecule is CC(C)C[C@H](NC(=O)[C@H](CO)NC(=O)[C@H](CC(=O)O)NC(=O)[C@H](CO)NC(=O)[C@H](CC(C)C)NC(=O)[C@@H](N)CCC(=O)O)C(=O)NCC(=O)N1CCC[C@H]1C(=O)N[C@H](C(=O)O)C(C)C. The third-order valence-electron chi connectivity index (χ3n) is 9.85. The van der Waals surface area contributed by atoms with Crippen molar-refractivity contribution in [2.45, 2.75) is 135 Å². The van der Waals surface area contributed by atoms with Gasteiger partial charge in [0.05, 0.1) is 32.2 Å². The number of aliphatic hydroxyl groups is 2. The van der Waals surface area contributed by atoms with Gasteiger partial charge in [-0.15, -0.1) is 0 Å². The van der Waals surface area contributed by atoms with E-state index < -0.39 is 152 Å². The average molecular weight is 916 g/mol. The molecule has 14 N–H and O–H groups in total. The van der Waals surface area contributed by atoms with Crippen LogP contribution in [0.4, 0.5) is 0 Å². The van der Waals surface area contributed by atoms with Crippen molar-refractivity contribution in [1.82, 2.24) is 42.1 Å². The number of carbonyl (C=O) groups excluding carboxylic acids is 8. The molecule has 1 saturated heterocycles. The first kappa shape index (κ1) is 56.1. The third kappa shape index (κ3) is 19.2. The number of carboxylic acids is 3. The van der Waals surface area contributed by atoms with Crippen molar-refractivity contribution >= 4 is 65.2 Å². The molecule has 0 saturated carbocycles. The lowest BCUT2D eigenvalue weighted by Crippen LogP contribution is -2.61. The summed E-state index contributed by atoms with van der Waals surface area (Å²) in [6.07, 6.45) is -1.09. The first-order chi connectivity index (χ1) is 29.8. The van der Waals surface area contributed by atoms with Gasteiger partial charge in [-0.1, -0.05) is 41.5 Å². The summed E-state index contributed by atoms with van der Waals surface area (Å²) in [5.74, 6) is -12.7. The molecule has 0 radical (unpaired) electrons. The molecule has 0 aliphatic carbocycles. The van der Waals surface area contributed by atoms with E-state index in [1.165, 1.54) is 4.90 Å². The van der Waals surface area contributed by atoms with E-state index in [0.717, 1.165) is 0 Å². The minimum Gasteiger partial charge on any atom is -0.481 e. The molecule has 8 atom stereocenters. The Morgan fingerprint density at radius 2 is 1.06 bits per heavy atom. The fourth-order valence-corrected chi connectivity index (χ4v) is 6.44. The fraction of sp³-hybridized carbons (Fsp3) is 0.718. The summed E-state index contributed by atoms with van der Waals surface area (Å²) >= 11 is 0. The van der Waals surface area contributed by atoms with Crippen molar-refractivity contribution in [1.29, 1.82) is 0 Å². The predicted molar refractivity (Wildman–Crippen MR) is 222 cm³/mol. The Hall–Kier alpha value is -5.95. The molecule has 0 bridgehead atoms. The second-order valence-corrected chi connectivity index (χ2v) is 16.6. The number of carboxylic acid groups (broad SMARTS) is 3. The van der Waals surface area contributed by atoms with Gasteiger partial charge in [-0.05, 0) is 49.9 Å². The zero-order chi connectivity index (χ0) is 49.0. The summed E-state index contributed by atoms with van der Waals surface area (Å²) in [6.45, 7) is 7.42. The van der Waals surface area contributed by atoms with Crippen molar-refractivity contribution in [2.75, 3.05) is 26.3 Å². The van der Waals surface area contributed by atoms with Crippen LogP contribution in [-0.4, -0.2) is 170 Å². The number of rotatable bonds is 28. The normalized spacial score (nSPS) is 16.9. The monoisotopic (exact) mass is 915 g/mol. The topological polar surface area (TPSA) is 402 Å². The third-order valence-corrected chi connectivity index (χ3v) is 9.85. The van der Waals surface area contributed by atoms with E-state index in [-0.39, 0.29) is 44.1 Å². The van der Waals surface area contributed by atoms with Gasteiger partial charge in [0.1, 0.15) is 42.3 Å².